The molecule has 1 aromatic rings. The summed E-state index contributed by atoms with van der Waals surface area (Å²) in [5, 5.41) is 9.12. The van der Waals surface area contributed by atoms with Gasteiger partial charge in [0.05, 0.1) is 4.47 Å². The van der Waals surface area contributed by atoms with Crippen LogP contribution in [0, 0.1) is 12.7 Å². The molecule has 64 valence electrons. The Balaban J connectivity index is 3.49. The molecule has 0 amide bonds. The highest BCUT2D eigenvalue weighted by Gasteiger charge is 2.11. The minimum Gasteiger partial charge on any atom is -0.508 e. The first-order chi connectivity index (χ1) is 5.57. The summed E-state index contributed by atoms with van der Waals surface area (Å²) in [6.45, 7) is 1.43. The van der Waals surface area contributed by atoms with Crippen LogP contribution in [0.15, 0.2) is 10.5 Å². The van der Waals surface area contributed by atoms with E-state index in [1.54, 1.807) is 0 Å². The molecule has 0 unspecified atom stereocenters. The maximum Gasteiger partial charge on any atom is 0.151 e. The largest absolute Gasteiger partial charge is 0.508 e. The molecule has 1 rings (SSSR count). The van der Waals surface area contributed by atoms with Gasteiger partial charge in [0.15, 0.2) is 6.29 Å². The van der Waals surface area contributed by atoms with E-state index in [1.807, 2.05) is 0 Å². The minimum absolute atomic E-state index is 0.0906. The molecule has 1 aromatic carbocycles. The normalized spacial score (nSPS) is 9.92. The Hall–Kier alpha value is -0.900. The summed E-state index contributed by atoms with van der Waals surface area (Å²) in [7, 11) is 0. The highest BCUT2D eigenvalue weighted by atomic mass is 79.9. The van der Waals surface area contributed by atoms with Gasteiger partial charge in [-0.3, -0.25) is 4.79 Å². The fourth-order valence-electron chi connectivity index (χ4n) is 0.808. The van der Waals surface area contributed by atoms with Crippen molar-refractivity contribution in [3.63, 3.8) is 0 Å². The molecule has 0 aliphatic rings. The number of phenols is 1. The van der Waals surface area contributed by atoms with Crippen molar-refractivity contribution < 1.29 is 14.3 Å². The van der Waals surface area contributed by atoms with Crippen LogP contribution in [-0.2, 0) is 0 Å². The first-order valence-corrected chi connectivity index (χ1v) is 4.00. The van der Waals surface area contributed by atoms with Gasteiger partial charge in [-0.15, -0.1) is 0 Å². The predicted octanol–water partition coefficient (Wildman–Crippen LogP) is 2.41. The molecule has 2 nitrogen and oxygen atoms in total. The lowest BCUT2D eigenvalue weighted by atomic mass is 10.1. The molecule has 1 N–H and O–H groups in total. The molecule has 0 saturated heterocycles. The number of phenolic OH excluding ortho intramolecular Hbond substituents is 1. The molecule has 0 atom stereocenters. The Labute approximate surface area is 77.2 Å². The van der Waals surface area contributed by atoms with Crippen LogP contribution in [0.1, 0.15) is 15.9 Å². The Morgan fingerprint density at radius 3 is 2.75 bits per heavy atom. The van der Waals surface area contributed by atoms with Crippen molar-refractivity contribution >= 4 is 22.2 Å². The number of hydrogen-bond donors (Lipinski definition) is 1. The molecular formula is C8H6BrFO2. The van der Waals surface area contributed by atoms with Crippen LogP contribution >= 0.6 is 15.9 Å². The molecular weight excluding hydrogens is 227 g/mol. The number of hydrogen-bond acceptors (Lipinski definition) is 2. The lowest BCUT2D eigenvalue weighted by Crippen LogP contribution is -1.91. The monoisotopic (exact) mass is 232 g/mol. The summed E-state index contributed by atoms with van der Waals surface area (Å²) in [5.74, 6) is -0.810. The zero-order valence-electron chi connectivity index (χ0n) is 6.27. The smallest absolute Gasteiger partial charge is 0.151 e. The number of carbonyl (C=O) groups excluding carboxylic acids is 1. The fourth-order valence-corrected chi connectivity index (χ4v) is 1.31. The maximum atomic E-state index is 13.1. The van der Waals surface area contributed by atoms with Crippen LogP contribution in [-0.4, -0.2) is 11.4 Å². The number of benzene rings is 1. The zero-order valence-corrected chi connectivity index (χ0v) is 7.85. The standard InChI is InChI=1S/C8H6BrFO2/c1-4-6(12)2-5(3-11)7(9)8(4)10/h2-3,12H,1H3. The Morgan fingerprint density at radius 1 is 1.67 bits per heavy atom. The summed E-state index contributed by atoms with van der Waals surface area (Å²) < 4.78 is 13.2. The van der Waals surface area contributed by atoms with Gasteiger partial charge in [-0.25, -0.2) is 4.39 Å². The number of rotatable bonds is 1. The van der Waals surface area contributed by atoms with Gasteiger partial charge >= 0.3 is 0 Å². The third kappa shape index (κ3) is 1.34. The Morgan fingerprint density at radius 2 is 2.25 bits per heavy atom. The van der Waals surface area contributed by atoms with Gasteiger partial charge in [-0.1, -0.05) is 0 Å². The van der Waals surface area contributed by atoms with Crippen LogP contribution < -0.4 is 0 Å². The SMILES string of the molecule is Cc1c(O)cc(C=O)c(Br)c1F. The highest BCUT2D eigenvalue weighted by molar-refractivity contribution is 9.10. The number of carbonyl (C=O) groups is 1. The van der Waals surface area contributed by atoms with E-state index in [0.717, 1.165) is 0 Å². The molecule has 0 aromatic heterocycles. The van der Waals surface area contributed by atoms with Crippen molar-refractivity contribution in [3.8, 4) is 5.75 Å². The van der Waals surface area contributed by atoms with Crippen LogP contribution in [0.25, 0.3) is 0 Å². The van der Waals surface area contributed by atoms with Crippen LogP contribution in [0.2, 0.25) is 0 Å². The number of aromatic hydroxyl groups is 1. The first-order valence-electron chi connectivity index (χ1n) is 3.20. The highest BCUT2D eigenvalue weighted by Crippen LogP contribution is 2.28. The molecule has 0 aliphatic heterocycles. The van der Waals surface area contributed by atoms with Crippen molar-refractivity contribution in [2.24, 2.45) is 0 Å². The average molecular weight is 233 g/mol. The average Bonchev–Trinajstić information content (AvgIpc) is 2.08. The van der Waals surface area contributed by atoms with Crippen molar-refractivity contribution in [2.45, 2.75) is 6.92 Å². The lowest BCUT2D eigenvalue weighted by molar-refractivity contribution is 0.112. The second-order valence-electron chi connectivity index (χ2n) is 2.36. The number of halogens is 2. The van der Waals surface area contributed by atoms with Crippen molar-refractivity contribution in [1.82, 2.24) is 0 Å². The van der Waals surface area contributed by atoms with E-state index in [0.29, 0.717) is 6.29 Å². The second-order valence-corrected chi connectivity index (χ2v) is 3.15. The quantitative estimate of drug-likeness (QED) is 0.756. The van der Waals surface area contributed by atoms with E-state index in [4.69, 9.17) is 5.11 Å². The summed E-state index contributed by atoms with van der Waals surface area (Å²) in [5.41, 5.74) is 0.239. The molecule has 12 heavy (non-hydrogen) atoms. The van der Waals surface area contributed by atoms with Crippen LogP contribution in [0.4, 0.5) is 4.39 Å². The van der Waals surface area contributed by atoms with Crippen molar-refractivity contribution in [1.29, 1.82) is 0 Å². The van der Waals surface area contributed by atoms with Gasteiger partial charge in [0.25, 0.3) is 0 Å². The van der Waals surface area contributed by atoms with E-state index < -0.39 is 5.82 Å². The number of aldehydes is 1. The Bertz CT molecular complexity index is 336. The summed E-state index contributed by atoms with van der Waals surface area (Å²) in [6.07, 6.45) is 0.478. The fraction of sp³-hybridized carbons (Fsp3) is 0.125. The molecule has 0 fully saturated rings. The summed E-state index contributed by atoms with van der Waals surface area (Å²) >= 11 is 2.91. The molecule has 0 aliphatic carbocycles. The van der Waals surface area contributed by atoms with Gasteiger partial charge < -0.3 is 5.11 Å². The third-order valence-corrected chi connectivity index (χ3v) is 2.38. The lowest BCUT2D eigenvalue weighted by Gasteiger charge is -2.04. The third-order valence-electron chi connectivity index (χ3n) is 1.58. The van der Waals surface area contributed by atoms with E-state index >= 15 is 0 Å². The van der Waals surface area contributed by atoms with Gasteiger partial charge in [-0.05, 0) is 28.9 Å². The molecule has 0 heterocycles. The topological polar surface area (TPSA) is 37.3 Å². The second kappa shape index (κ2) is 3.23. The molecule has 0 bridgehead atoms. The van der Waals surface area contributed by atoms with E-state index in [-0.39, 0.29) is 21.3 Å². The Kier molecular flexibility index (Phi) is 2.47. The van der Waals surface area contributed by atoms with Gasteiger partial charge in [0.1, 0.15) is 11.6 Å². The first kappa shape index (κ1) is 9.19. The minimum atomic E-state index is -0.600. The van der Waals surface area contributed by atoms with E-state index in [1.165, 1.54) is 13.0 Å². The molecule has 0 radical (unpaired) electrons. The van der Waals surface area contributed by atoms with Crippen LogP contribution in [0.5, 0.6) is 5.75 Å². The van der Waals surface area contributed by atoms with Crippen molar-refractivity contribution in [3.05, 3.63) is 27.5 Å². The molecule has 4 heteroatoms. The van der Waals surface area contributed by atoms with Crippen molar-refractivity contribution in [2.75, 3.05) is 0 Å². The zero-order chi connectivity index (χ0) is 9.30. The van der Waals surface area contributed by atoms with E-state index in [9.17, 15) is 9.18 Å². The van der Waals surface area contributed by atoms with Gasteiger partial charge in [-0.2, -0.15) is 0 Å². The predicted molar refractivity (Wildman–Crippen MR) is 45.9 cm³/mol. The maximum absolute atomic E-state index is 13.1. The molecule has 0 spiro atoms. The van der Waals surface area contributed by atoms with Crippen LogP contribution in [0.3, 0.4) is 0 Å². The summed E-state index contributed by atoms with van der Waals surface area (Å²) in [6, 6.07) is 1.22. The summed E-state index contributed by atoms with van der Waals surface area (Å²) in [4.78, 5) is 10.3. The molecule has 0 saturated carbocycles. The van der Waals surface area contributed by atoms with Gasteiger partial charge in [0.2, 0.25) is 0 Å². The van der Waals surface area contributed by atoms with E-state index in [2.05, 4.69) is 15.9 Å². The van der Waals surface area contributed by atoms with Gasteiger partial charge in [0, 0.05) is 11.1 Å².